The molecule has 0 saturated heterocycles. The number of aromatic nitrogens is 2. The fraction of sp³-hybridized carbons (Fsp3) is 0.438. The highest BCUT2D eigenvalue weighted by atomic mass is 79.9. The van der Waals surface area contributed by atoms with Crippen molar-refractivity contribution < 1.29 is 0 Å². The number of benzene rings is 1. The van der Waals surface area contributed by atoms with E-state index in [0.29, 0.717) is 0 Å². The van der Waals surface area contributed by atoms with Crippen LogP contribution in [0, 0.1) is 20.8 Å². The lowest BCUT2D eigenvalue weighted by molar-refractivity contribution is 0.675. The van der Waals surface area contributed by atoms with Crippen LogP contribution in [0.5, 0.6) is 0 Å². The molecule has 2 aromatic rings. The van der Waals surface area contributed by atoms with Crippen molar-refractivity contribution in [2.45, 2.75) is 40.7 Å². The van der Waals surface area contributed by atoms with Crippen LogP contribution < -0.4 is 5.32 Å². The van der Waals surface area contributed by atoms with E-state index in [1.54, 1.807) is 0 Å². The minimum Gasteiger partial charge on any atom is -0.313 e. The highest BCUT2D eigenvalue weighted by molar-refractivity contribution is 9.10. The Labute approximate surface area is 129 Å². The summed E-state index contributed by atoms with van der Waals surface area (Å²) >= 11 is 3.67. The Morgan fingerprint density at radius 1 is 1.25 bits per heavy atom. The lowest BCUT2D eigenvalue weighted by Crippen LogP contribution is -2.13. The molecule has 0 spiro atoms. The zero-order chi connectivity index (χ0) is 14.7. The molecule has 0 bridgehead atoms. The summed E-state index contributed by atoms with van der Waals surface area (Å²) in [5.41, 5.74) is 5.92. The van der Waals surface area contributed by atoms with Crippen LogP contribution in [0.25, 0.3) is 5.69 Å². The molecule has 0 atom stereocenters. The van der Waals surface area contributed by atoms with Gasteiger partial charge in [-0.15, -0.1) is 0 Å². The van der Waals surface area contributed by atoms with E-state index in [9.17, 15) is 0 Å². The Balaban J connectivity index is 2.27. The van der Waals surface area contributed by atoms with Gasteiger partial charge in [0.25, 0.3) is 0 Å². The average Bonchev–Trinajstić information content (AvgIpc) is 2.67. The van der Waals surface area contributed by atoms with Gasteiger partial charge in [-0.2, -0.15) is 5.10 Å². The Bertz CT molecular complexity index is 602. The van der Waals surface area contributed by atoms with Crippen LogP contribution in [0.2, 0.25) is 0 Å². The van der Waals surface area contributed by atoms with Gasteiger partial charge in [-0.25, -0.2) is 4.68 Å². The predicted molar refractivity (Wildman–Crippen MR) is 87.5 cm³/mol. The van der Waals surface area contributed by atoms with Gasteiger partial charge in [-0.1, -0.05) is 13.0 Å². The highest BCUT2D eigenvalue weighted by Crippen LogP contribution is 2.25. The zero-order valence-electron chi connectivity index (χ0n) is 12.6. The molecule has 0 unspecified atom stereocenters. The molecule has 4 heteroatoms. The fourth-order valence-corrected chi connectivity index (χ4v) is 2.79. The number of hydrogen-bond donors (Lipinski definition) is 1. The zero-order valence-corrected chi connectivity index (χ0v) is 14.2. The summed E-state index contributed by atoms with van der Waals surface area (Å²) in [6, 6.07) is 6.46. The van der Waals surface area contributed by atoms with E-state index in [0.717, 1.165) is 35.4 Å². The van der Waals surface area contributed by atoms with Gasteiger partial charge in [0.2, 0.25) is 0 Å². The summed E-state index contributed by atoms with van der Waals surface area (Å²) in [5.74, 6) is 0. The fourth-order valence-electron chi connectivity index (χ4n) is 2.20. The van der Waals surface area contributed by atoms with Crippen molar-refractivity contribution in [2.75, 3.05) is 6.54 Å². The van der Waals surface area contributed by atoms with E-state index in [4.69, 9.17) is 0 Å². The Kier molecular flexibility index (Phi) is 5.00. The molecule has 1 aromatic heterocycles. The first-order chi connectivity index (χ1) is 9.54. The molecular formula is C16H22BrN3. The Morgan fingerprint density at radius 2 is 2.00 bits per heavy atom. The van der Waals surface area contributed by atoms with Gasteiger partial charge in [0.1, 0.15) is 0 Å². The molecule has 108 valence electrons. The van der Waals surface area contributed by atoms with E-state index in [-0.39, 0.29) is 0 Å². The van der Waals surface area contributed by atoms with Crippen LogP contribution in [0.1, 0.15) is 35.9 Å². The first-order valence-electron chi connectivity index (χ1n) is 7.07. The second kappa shape index (κ2) is 6.55. The van der Waals surface area contributed by atoms with Crippen molar-refractivity contribution in [2.24, 2.45) is 0 Å². The molecule has 3 nitrogen and oxygen atoms in total. The summed E-state index contributed by atoms with van der Waals surface area (Å²) in [7, 11) is 0. The van der Waals surface area contributed by atoms with Crippen LogP contribution in [0.4, 0.5) is 0 Å². The van der Waals surface area contributed by atoms with Crippen molar-refractivity contribution in [3.05, 3.63) is 45.2 Å². The molecule has 0 aliphatic heterocycles. The maximum atomic E-state index is 4.62. The van der Waals surface area contributed by atoms with Crippen molar-refractivity contribution in [1.29, 1.82) is 0 Å². The molecule has 0 aliphatic carbocycles. The van der Waals surface area contributed by atoms with Crippen molar-refractivity contribution in [1.82, 2.24) is 15.1 Å². The van der Waals surface area contributed by atoms with E-state index in [1.807, 2.05) is 4.68 Å². The van der Waals surface area contributed by atoms with E-state index >= 15 is 0 Å². The minimum absolute atomic E-state index is 0.906. The van der Waals surface area contributed by atoms with E-state index in [1.165, 1.54) is 16.8 Å². The molecule has 1 N–H and O–H groups in total. The van der Waals surface area contributed by atoms with Gasteiger partial charge in [0.15, 0.2) is 0 Å². The van der Waals surface area contributed by atoms with Gasteiger partial charge in [-0.3, -0.25) is 0 Å². The monoisotopic (exact) mass is 335 g/mol. The van der Waals surface area contributed by atoms with Crippen LogP contribution in [-0.4, -0.2) is 16.3 Å². The number of rotatable bonds is 5. The largest absolute Gasteiger partial charge is 0.313 e. The normalized spacial score (nSPS) is 11.1. The van der Waals surface area contributed by atoms with Gasteiger partial charge < -0.3 is 5.32 Å². The number of aryl methyl sites for hydroxylation is 1. The molecule has 0 fully saturated rings. The smallest absolute Gasteiger partial charge is 0.0791 e. The first-order valence-corrected chi connectivity index (χ1v) is 7.86. The lowest BCUT2D eigenvalue weighted by Gasteiger charge is -2.10. The number of nitrogens with zero attached hydrogens (tertiary/aromatic N) is 2. The summed E-state index contributed by atoms with van der Waals surface area (Å²) < 4.78 is 3.09. The van der Waals surface area contributed by atoms with Crippen LogP contribution in [0.15, 0.2) is 22.7 Å². The van der Waals surface area contributed by atoms with Gasteiger partial charge >= 0.3 is 0 Å². The second-order valence-electron chi connectivity index (χ2n) is 5.17. The molecular weight excluding hydrogens is 314 g/mol. The summed E-state index contributed by atoms with van der Waals surface area (Å²) in [6.07, 6.45) is 1.16. The predicted octanol–water partition coefficient (Wildman–Crippen LogP) is 4.06. The molecule has 2 rings (SSSR count). The SMILES string of the molecule is CCCNCc1ccc(-n2nc(C)c(C)c2C)c(Br)c1. The molecule has 1 heterocycles. The quantitative estimate of drug-likeness (QED) is 0.835. The van der Waals surface area contributed by atoms with Crippen molar-refractivity contribution >= 4 is 15.9 Å². The molecule has 20 heavy (non-hydrogen) atoms. The summed E-state index contributed by atoms with van der Waals surface area (Å²) in [4.78, 5) is 0. The Hall–Kier alpha value is -1.13. The molecule has 1 aromatic carbocycles. The maximum Gasteiger partial charge on any atom is 0.0791 e. The average molecular weight is 336 g/mol. The molecule has 0 radical (unpaired) electrons. The van der Waals surface area contributed by atoms with E-state index in [2.05, 4.69) is 72.2 Å². The standard InChI is InChI=1S/C16H22BrN3/c1-5-8-18-10-14-6-7-16(15(17)9-14)20-13(4)11(2)12(3)19-20/h6-7,9,18H,5,8,10H2,1-4H3. The Morgan fingerprint density at radius 3 is 2.55 bits per heavy atom. The van der Waals surface area contributed by atoms with Crippen LogP contribution >= 0.6 is 15.9 Å². The van der Waals surface area contributed by atoms with Crippen molar-refractivity contribution in [3.8, 4) is 5.69 Å². The minimum atomic E-state index is 0.906. The third-order valence-corrected chi connectivity index (χ3v) is 4.28. The highest BCUT2D eigenvalue weighted by Gasteiger charge is 2.11. The third kappa shape index (κ3) is 3.13. The topological polar surface area (TPSA) is 29.9 Å². The first kappa shape index (κ1) is 15.3. The lowest BCUT2D eigenvalue weighted by atomic mass is 10.2. The van der Waals surface area contributed by atoms with E-state index < -0.39 is 0 Å². The number of halogens is 1. The van der Waals surface area contributed by atoms with Crippen LogP contribution in [-0.2, 0) is 6.54 Å². The number of hydrogen-bond acceptors (Lipinski definition) is 2. The second-order valence-corrected chi connectivity index (χ2v) is 6.02. The number of nitrogens with one attached hydrogen (secondary N) is 1. The molecule has 0 amide bonds. The summed E-state index contributed by atoms with van der Waals surface area (Å²) in [5, 5.41) is 8.04. The summed E-state index contributed by atoms with van der Waals surface area (Å²) in [6.45, 7) is 10.4. The third-order valence-electron chi connectivity index (χ3n) is 3.65. The van der Waals surface area contributed by atoms with Gasteiger partial charge in [0.05, 0.1) is 11.4 Å². The maximum absolute atomic E-state index is 4.62. The van der Waals surface area contributed by atoms with Gasteiger partial charge in [0, 0.05) is 16.7 Å². The molecule has 0 aliphatic rings. The van der Waals surface area contributed by atoms with Crippen LogP contribution in [0.3, 0.4) is 0 Å². The molecule has 0 saturated carbocycles. The van der Waals surface area contributed by atoms with Crippen molar-refractivity contribution in [3.63, 3.8) is 0 Å². The van der Waals surface area contributed by atoms with Gasteiger partial charge in [-0.05, 0) is 72.9 Å².